The Labute approximate surface area is 82.9 Å². The molecule has 0 radical (unpaired) electrons. The first-order chi connectivity index (χ1) is 6.90. The van der Waals surface area contributed by atoms with Gasteiger partial charge >= 0.3 is 0 Å². The van der Waals surface area contributed by atoms with Crippen molar-refractivity contribution in [2.24, 2.45) is 0 Å². The first kappa shape index (κ1) is 8.04. The molecule has 3 atom stereocenters. The molecular formula is C12H12O2. The Morgan fingerprint density at radius 1 is 1.21 bits per heavy atom. The Morgan fingerprint density at radius 3 is 2.79 bits per heavy atom. The minimum absolute atomic E-state index is 0.132. The molecule has 2 aliphatic carbocycles. The van der Waals surface area contributed by atoms with Crippen molar-refractivity contribution in [3.8, 4) is 0 Å². The van der Waals surface area contributed by atoms with Gasteiger partial charge in [0.1, 0.15) is 6.10 Å². The maximum atomic E-state index is 10.3. The predicted octanol–water partition coefficient (Wildman–Crippen LogP) is 2.20. The van der Waals surface area contributed by atoms with Crippen LogP contribution in [0.2, 0.25) is 0 Å². The van der Waals surface area contributed by atoms with E-state index in [4.69, 9.17) is 4.74 Å². The van der Waals surface area contributed by atoms with E-state index < -0.39 is 0 Å². The maximum Gasteiger partial charge on any atom is 0.293 e. The number of fused-ring (bicyclic) bond motifs is 5. The van der Waals surface area contributed by atoms with E-state index in [0.717, 1.165) is 12.8 Å². The van der Waals surface area contributed by atoms with Gasteiger partial charge in [0, 0.05) is 5.92 Å². The van der Waals surface area contributed by atoms with Crippen LogP contribution in [0.15, 0.2) is 24.3 Å². The second kappa shape index (κ2) is 2.84. The van der Waals surface area contributed by atoms with Crippen LogP contribution in [-0.2, 0) is 9.53 Å². The lowest BCUT2D eigenvalue weighted by Crippen LogP contribution is -2.19. The highest BCUT2D eigenvalue weighted by atomic mass is 16.5. The number of ether oxygens (including phenoxy) is 1. The average molecular weight is 188 g/mol. The van der Waals surface area contributed by atoms with Gasteiger partial charge in [-0.1, -0.05) is 24.3 Å². The molecule has 0 unspecified atom stereocenters. The molecule has 14 heavy (non-hydrogen) atoms. The lowest BCUT2D eigenvalue weighted by molar-refractivity contribution is -0.134. The minimum Gasteiger partial charge on any atom is -0.464 e. The molecule has 0 amide bonds. The Hall–Kier alpha value is -1.31. The molecule has 2 nitrogen and oxygen atoms in total. The molecule has 0 spiro atoms. The summed E-state index contributed by atoms with van der Waals surface area (Å²) in [6.07, 6.45) is 2.31. The topological polar surface area (TPSA) is 26.3 Å². The average Bonchev–Trinajstić information content (AvgIpc) is 2.77. The van der Waals surface area contributed by atoms with Gasteiger partial charge in [0.25, 0.3) is 6.47 Å². The zero-order valence-electron chi connectivity index (χ0n) is 7.85. The highest BCUT2D eigenvalue weighted by Gasteiger charge is 2.44. The van der Waals surface area contributed by atoms with Gasteiger partial charge in [-0.2, -0.15) is 0 Å². The first-order valence-corrected chi connectivity index (χ1v) is 5.08. The summed E-state index contributed by atoms with van der Waals surface area (Å²) in [5.41, 5.74) is 2.87. The maximum absolute atomic E-state index is 10.3. The molecule has 3 rings (SSSR count). The summed E-state index contributed by atoms with van der Waals surface area (Å²) in [7, 11) is 0. The molecule has 2 aliphatic rings. The number of benzene rings is 1. The van der Waals surface area contributed by atoms with Gasteiger partial charge in [-0.05, 0) is 29.9 Å². The molecule has 0 heterocycles. The van der Waals surface area contributed by atoms with Crippen molar-refractivity contribution in [3.05, 3.63) is 35.4 Å². The van der Waals surface area contributed by atoms with Gasteiger partial charge in [-0.25, -0.2) is 0 Å². The summed E-state index contributed by atoms with van der Waals surface area (Å²) in [4.78, 5) is 10.3. The van der Waals surface area contributed by atoms with Crippen LogP contribution in [0.1, 0.15) is 35.8 Å². The van der Waals surface area contributed by atoms with Crippen LogP contribution in [0.4, 0.5) is 0 Å². The highest BCUT2D eigenvalue weighted by molar-refractivity contribution is 5.45. The second-order valence-corrected chi connectivity index (χ2v) is 4.17. The Kier molecular flexibility index (Phi) is 1.63. The van der Waals surface area contributed by atoms with Crippen molar-refractivity contribution >= 4 is 6.47 Å². The van der Waals surface area contributed by atoms with Gasteiger partial charge in [0.05, 0.1) is 0 Å². The van der Waals surface area contributed by atoms with Crippen LogP contribution in [0.3, 0.4) is 0 Å². The number of rotatable bonds is 2. The fourth-order valence-corrected chi connectivity index (χ4v) is 3.02. The van der Waals surface area contributed by atoms with E-state index >= 15 is 0 Å². The van der Waals surface area contributed by atoms with E-state index in [1.165, 1.54) is 11.1 Å². The van der Waals surface area contributed by atoms with Crippen molar-refractivity contribution in [2.45, 2.75) is 30.8 Å². The van der Waals surface area contributed by atoms with Gasteiger partial charge in [0.2, 0.25) is 0 Å². The predicted molar refractivity (Wildman–Crippen MR) is 52.1 cm³/mol. The van der Waals surface area contributed by atoms with Crippen LogP contribution >= 0.6 is 0 Å². The van der Waals surface area contributed by atoms with E-state index in [2.05, 4.69) is 24.3 Å². The van der Waals surface area contributed by atoms with Gasteiger partial charge < -0.3 is 4.74 Å². The first-order valence-electron chi connectivity index (χ1n) is 5.08. The van der Waals surface area contributed by atoms with E-state index in [1.807, 2.05) is 0 Å². The van der Waals surface area contributed by atoms with Crippen LogP contribution in [0.5, 0.6) is 0 Å². The lowest BCUT2D eigenvalue weighted by Gasteiger charge is -2.22. The summed E-state index contributed by atoms with van der Waals surface area (Å²) in [6.45, 7) is 0.591. The molecule has 0 saturated heterocycles. The van der Waals surface area contributed by atoms with Crippen LogP contribution in [0.25, 0.3) is 0 Å². The van der Waals surface area contributed by atoms with Crippen molar-refractivity contribution < 1.29 is 9.53 Å². The van der Waals surface area contributed by atoms with Gasteiger partial charge in [0.15, 0.2) is 0 Å². The molecule has 2 heteroatoms. The standard InChI is InChI=1S/C12H12O2/c13-7-14-12-6-8-5-11(12)10-4-2-1-3-9(8)10/h1-4,7-8,11-12H,5-6H2/t8-,11-,12-/m0/s1. The molecule has 1 aromatic rings. The highest BCUT2D eigenvalue weighted by Crippen LogP contribution is 2.53. The zero-order chi connectivity index (χ0) is 9.54. The molecule has 1 fully saturated rings. The molecular weight excluding hydrogens is 176 g/mol. The molecule has 1 aromatic carbocycles. The fourth-order valence-electron chi connectivity index (χ4n) is 3.02. The van der Waals surface area contributed by atoms with E-state index in [0.29, 0.717) is 18.3 Å². The molecule has 1 saturated carbocycles. The molecule has 0 N–H and O–H groups in total. The Bertz CT molecular complexity index is 372. The van der Waals surface area contributed by atoms with Crippen molar-refractivity contribution in [1.82, 2.24) is 0 Å². The third-order valence-electron chi connectivity index (χ3n) is 3.57. The van der Waals surface area contributed by atoms with Crippen molar-refractivity contribution in [3.63, 3.8) is 0 Å². The summed E-state index contributed by atoms with van der Waals surface area (Å²) < 4.78 is 5.11. The molecule has 0 aromatic heterocycles. The summed E-state index contributed by atoms with van der Waals surface area (Å²) in [5, 5.41) is 0. The fraction of sp³-hybridized carbons (Fsp3) is 0.417. The van der Waals surface area contributed by atoms with Crippen LogP contribution in [0, 0.1) is 0 Å². The SMILES string of the molecule is O=CO[C@H]1C[C@@H]2C[C@H]1c1ccccc12. The molecule has 72 valence electrons. The van der Waals surface area contributed by atoms with E-state index in [-0.39, 0.29) is 6.10 Å². The second-order valence-electron chi connectivity index (χ2n) is 4.17. The van der Waals surface area contributed by atoms with E-state index in [1.54, 1.807) is 0 Å². The van der Waals surface area contributed by atoms with Gasteiger partial charge in [-0.3, -0.25) is 4.79 Å². The number of carbonyl (C=O) groups is 1. The largest absolute Gasteiger partial charge is 0.464 e. The monoisotopic (exact) mass is 188 g/mol. The smallest absolute Gasteiger partial charge is 0.293 e. The van der Waals surface area contributed by atoms with Gasteiger partial charge in [-0.15, -0.1) is 0 Å². The molecule has 0 aliphatic heterocycles. The number of carbonyl (C=O) groups excluding carboxylic acids is 1. The molecule has 2 bridgehead atoms. The third-order valence-corrected chi connectivity index (χ3v) is 3.57. The Balaban J connectivity index is 1.98. The van der Waals surface area contributed by atoms with Crippen molar-refractivity contribution in [2.75, 3.05) is 0 Å². The summed E-state index contributed by atoms with van der Waals surface area (Å²) in [5.74, 6) is 1.09. The Morgan fingerprint density at radius 2 is 2.00 bits per heavy atom. The lowest BCUT2D eigenvalue weighted by atomic mass is 9.90. The summed E-state index contributed by atoms with van der Waals surface area (Å²) in [6, 6.07) is 8.53. The number of hydrogen-bond acceptors (Lipinski definition) is 2. The van der Waals surface area contributed by atoms with Crippen LogP contribution in [-0.4, -0.2) is 12.6 Å². The van der Waals surface area contributed by atoms with Crippen molar-refractivity contribution in [1.29, 1.82) is 0 Å². The van der Waals surface area contributed by atoms with E-state index in [9.17, 15) is 4.79 Å². The normalized spacial score (nSPS) is 32.7. The minimum atomic E-state index is 0.132. The number of hydrogen-bond donors (Lipinski definition) is 0. The summed E-state index contributed by atoms with van der Waals surface area (Å²) >= 11 is 0. The third kappa shape index (κ3) is 0.939. The quantitative estimate of drug-likeness (QED) is 0.665. The zero-order valence-corrected chi connectivity index (χ0v) is 7.85. The van der Waals surface area contributed by atoms with Crippen LogP contribution < -0.4 is 0 Å².